The number of fused-ring (bicyclic) bond motifs is 2. The Morgan fingerprint density at radius 3 is 2.62 bits per heavy atom. The molecular formula is C19H32ClN5O. The Balaban J connectivity index is 0.00000243. The van der Waals surface area contributed by atoms with Gasteiger partial charge in [-0.25, -0.2) is 4.98 Å². The summed E-state index contributed by atoms with van der Waals surface area (Å²) < 4.78 is 2.02. The summed E-state index contributed by atoms with van der Waals surface area (Å²) in [6, 6.07) is 0. The Labute approximate surface area is 163 Å². The fourth-order valence-corrected chi connectivity index (χ4v) is 3.66. The summed E-state index contributed by atoms with van der Waals surface area (Å²) >= 11 is 0. The van der Waals surface area contributed by atoms with E-state index < -0.39 is 0 Å². The third-order valence-electron chi connectivity index (χ3n) is 4.88. The van der Waals surface area contributed by atoms with Gasteiger partial charge in [-0.3, -0.25) is 19.6 Å². The Kier molecular flexibility index (Phi) is 7.50. The molecule has 0 fully saturated rings. The lowest BCUT2D eigenvalue weighted by atomic mass is 10.1. The quantitative estimate of drug-likeness (QED) is 0.608. The van der Waals surface area contributed by atoms with Gasteiger partial charge in [0.1, 0.15) is 0 Å². The summed E-state index contributed by atoms with van der Waals surface area (Å²) in [4.78, 5) is 26.1. The molecule has 3 rings (SSSR count). The van der Waals surface area contributed by atoms with Gasteiger partial charge in [-0.05, 0) is 12.3 Å². The van der Waals surface area contributed by atoms with Crippen molar-refractivity contribution in [2.45, 2.75) is 65.8 Å². The maximum Gasteiger partial charge on any atom is 0.281 e. The van der Waals surface area contributed by atoms with E-state index in [4.69, 9.17) is 0 Å². The molecule has 1 aromatic rings. The van der Waals surface area contributed by atoms with E-state index in [0.717, 1.165) is 37.0 Å². The molecule has 0 aromatic carbocycles. The summed E-state index contributed by atoms with van der Waals surface area (Å²) in [5.74, 6) is 2.15. The predicted octanol–water partition coefficient (Wildman–Crippen LogP) is 3.95. The number of aliphatic imine (C=N–C) groups is 1. The zero-order valence-electron chi connectivity index (χ0n) is 16.3. The highest BCUT2D eigenvalue weighted by molar-refractivity contribution is 6.17. The third kappa shape index (κ3) is 4.22. The molecule has 0 atom stereocenters. The van der Waals surface area contributed by atoms with Crippen LogP contribution in [0.3, 0.4) is 0 Å². The molecule has 26 heavy (non-hydrogen) atoms. The molecule has 2 aliphatic heterocycles. The van der Waals surface area contributed by atoms with Gasteiger partial charge in [0.05, 0.1) is 12.9 Å². The van der Waals surface area contributed by atoms with Crippen molar-refractivity contribution in [1.29, 1.82) is 0 Å². The lowest BCUT2D eigenvalue weighted by molar-refractivity contribution is 0.0840. The average Bonchev–Trinajstić information content (AvgIpc) is 3.21. The van der Waals surface area contributed by atoms with E-state index >= 15 is 0 Å². The van der Waals surface area contributed by atoms with E-state index in [2.05, 4.69) is 35.6 Å². The fourth-order valence-electron chi connectivity index (χ4n) is 3.66. The highest BCUT2D eigenvalue weighted by Gasteiger charge is 2.40. The van der Waals surface area contributed by atoms with Crippen molar-refractivity contribution in [1.82, 2.24) is 14.5 Å². The molecule has 3 heterocycles. The second-order valence-corrected chi connectivity index (χ2v) is 7.52. The summed E-state index contributed by atoms with van der Waals surface area (Å²) in [6.45, 7) is 9.66. The normalized spacial score (nSPS) is 15.8. The molecule has 0 bridgehead atoms. The smallest absolute Gasteiger partial charge is 0.281 e. The van der Waals surface area contributed by atoms with Crippen molar-refractivity contribution in [3.05, 3.63) is 12.0 Å². The Hall–Kier alpha value is -1.56. The minimum atomic E-state index is 0. The molecule has 0 saturated heterocycles. The zero-order valence-corrected chi connectivity index (χ0v) is 17.1. The largest absolute Gasteiger partial charge is 0.324 e. The molecule has 0 saturated carbocycles. The van der Waals surface area contributed by atoms with Crippen molar-refractivity contribution >= 4 is 30.1 Å². The molecule has 0 N–H and O–H groups in total. The molecule has 0 aliphatic carbocycles. The first-order chi connectivity index (χ1) is 12.1. The van der Waals surface area contributed by atoms with Crippen LogP contribution in [-0.4, -0.2) is 46.0 Å². The molecule has 7 heteroatoms. The second kappa shape index (κ2) is 9.40. The number of rotatable bonds is 9. The molecule has 0 radical (unpaired) electrons. The molecule has 2 aliphatic rings. The molecule has 6 nitrogen and oxygen atoms in total. The Bertz CT molecular complexity index is 640. The topological polar surface area (TPSA) is 53.7 Å². The lowest BCUT2D eigenvalue weighted by Gasteiger charge is -2.34. The van der Waals surface area contributed by atoms with E-state index in [1.54, 1.807) is 0 Å². The van der Waals surface area contributed by atoms with Gasteiger partial charge in [0.15, 0.2) is 11.5 Å². The van der Waals surface area contributed by atoms with Crippen molar-refractivity contribution in [3.8, 4) is 0 Å². The Morgan fingerprint density at radius 1 is 1.15 bits per heavy atom. The first-order valence-corrected chi connectivity index (χ1v) is 9.82. The lowest BCUT2D eigenvalue weighted by Crippen LogP contribution is -2.51. The van der Waals surface area contributed by atoms with Gasteiger partial charge >= 0.3 is 0 Å². The zero-order chi connectivity index (χ0) is 17.8. The monoisotopic (exact) mass is 381 g/mol. The molecule has 0 unspecified atom stereocenters. The summed E-state index contributed by atoms with van der Waals surface area (Å²) in [6.07, 6.45) is 9.35. The van der Waals surface area contributed by atoms with E-state index in [1.165, 1.54) is 32.1 Å². The second-order valence-electron chi connectivity index (χ2n) is 7.52. The standard InChI is InChI=1S/C19H31N5O.ClH/c1-4-5-6-7-8-9-11-23-17-16(22(14-21-17)13-15(2)3)18(25)24-12-10-20-19(23)24;/h14-15H,4-13H2,1-3H3;1H. The highest BCUT2D eigenvalue weighted by Crippen LogP contribution is 2.30. The third-order valence-corrected chi connectivity index (χ3v) is 4.88. The number of imidazole rings is 1. The van der Waals surface area contributed by atoms with Crippen LogP contribution >= 0.6 is 12.4 Å². The van der Waals surface area contributed by atoms with E-state index in [9.17, 15) is 4.79 Å². The van der Waals surface area contributed by atoms with Crippen molar-refractivity contribution in [2.24, 2.45) is 10.9 Å². The van der Waals surface area contributed by atoms with E-state index in [0.29, 0.717) is 19.0 Å². The number of unbranched alkanes of at least 4 members (excludes halogenated alkanes) is 5. The fraction of sp³-hybridized carbons (Fsp3) is 0.737. The first-order valence-electron chi connectivity index (χ1n) is 9.82. The average molecular weight is 382 g/mol. The van der Waals surface area contributed by atoms with Gasteiger partial charge in [-0.1, -0.05) is 52.9 Å². The minimum absolute atomic E-state index is 0. The molecular weight excluding hydrogens is 350 g/mol. The van der Waals surface area contributed by atoms with E-state index in [-0.39, 0.29) is 18.3 Å². The Morgan fingerprint density at radius 2 is 1.88 bits per heavy atom. The molecule has 146 valence electrons. The van der Waals surface area contributed by atoms with Crippen LogP contribution in [0.25, 0.3) is 0 Å². The number of anilines is 1. The first kappa shape index (κ1) is 20.7. The van der Waals surface area contributed by atoms with E-state index in [1.807, 2.05) is 15.8 Å². The maximum atomic E-state index is 12.9. The predicted molar refractivity (Wildman–Crippen MR) is 108 cm³/mol. The van der Waals surface area contributed by atoms with Crippen molar-refractivity contribution in [2.75, 3.05) is 24.5 Å². The maximum absolute atomic E-state index is 12.9. The minimum Gasteiger partial charge on any atom is -0.324 e. The number of amides is 1. The van der Waals surface area contributed by atoms with Gasteiger partial charge in [0.2, 0.25) is 5.96 Å². The van der Waals surface area contributed by atoms with Crippen LogP contribution in [0.4, 0.5) is 5.82 Å². The van der Waals surface area contributed by atoms with Gasteiger partial charge in [0.25, 0.3) is 5.91 Å². The number of guanidine groups is 1. The van der Waals surface area contributed by atoms with Crippen LogP contribution in [0.5, 0.6) is 0 Å². The van der Waals surface area contributed by atoms with Crippen LogP contribution < -0.4 is 4.90 Å². The van der Waals surface area contributed by atoms with Crippen LogP contribution in [0.15, 0.2) is 11.3 Å². The number of hydrogen-bond donors (Lipinski definition) is 0. The van der Waals surface area contributed by atoms with Gasteiger partial charge in [-0.15, -0.1) is 12.4 Å². The van der Waals surface area contributed by atoms with Crippen LogP contribution in [0.1, 0.15) is 69.8 Å². The molecule has 0 spiro atoms. The number of aromatic nitrogens is 2. The van der Waals surface area contributed by atoms with Crippen molar-refractivity contribution in [3.63, 3.8) is 0 Å². The highest BCUT2D eigenvalue weighted by atomic mass is 35.5. The number of hydrogen-bond acceptors (Lipinski definition) is 4. The number of carbonyl (C=O) groups is 1. The summed E-state index contributed by atoms with van der Waals surface area (Å²) in [5, 5.41) is 0. The van der Waals surface area contributed by atoms with Gasteiger partial charge in [0, 0.05) is 19.6 Å². The summed E-state index contributed by atoms with van der Waals surface area (Å²) in [5.41, 5.74) is 0.737. The number of carbonyl (C=O) groups excluding carboxylic acids is 1. The van der Waals surface area contributed by atoms with Crippen LogP contribution in [0, 0.1) is 5.92 Å². The molecule has 1 amide bonds. The van der Waals surface area contributed by atoms with Crippen LogP contribution in [-0.2, 0) is 6.54 Å². The SMILES string of the molecule is CCCCCCCCN1C2=NCCN2C(=O)c2c1ncn2CC(C)C.Cl. The van der Waals surface area contributed by atoms with Gasteiger partial charge in [-0.2, -0.15) is 0 Å². The number of nitrogens with zero attached hydrogens (tertiary/aromatic N) is 5. The van der Waals surface area contributed by atoms with Gasteiger partial charge < -0.3 is 4.57 Å². The van der Waals surface area contributed by atoms with Crippen molar-refractivity contribution < 1.29 is 4.79 Å². The molecule has 1 aromatic heterocycles. The number of halogens is 1. The summed E-state index contributed by atoms with van der Waals surface area (Å²) in [7, 11) is 0. The van der Waals surface area contributed by atoms with Crippen LogP contribution in [0.2, 0.25) is 0 Å².